The predicted molar refractivity (Wildman–Crippen MR) is 72.5 cm³/mol. The van der Waals surface area contributed by atoms with Crippen molar-refractivity contribution in [1.29, 1.82) is 0 Å². The highest BCUT2D eigenvalue weighted by atomic mass is 15.1. The topological polar surface area (TPSA) is 63.8 Å². The number of rotatable bonds is 2. The second-order valence-corrected chi connectivity index (χ2v) is 6.22. The largest absolute Gasteiger partial charge is 0.366 e. The minimum absolute atomic E-state index is 0.159. The summed E-state index contributed by atoms with van der Waals surface area (Å²) in [5.74, 6) is 1.05. The van der Waals surface area contributed by atoms with Crippen LogP contribution in [0.2, 0.25) is 0 Å². The van der Waals surface area contributed by atoms with Crippen molar-refractivity contribution in [3.63, 3.8) is 0 Å². The normalized spacial score (nSPS) is 29.3. The molecule has 3 N–H and O–H groups in total. The van der Waals surface area contributed by atoms with Gasteiger partial charge in [-0.3, -0.25) is 0 Å². The monoisotopic (exact) mass is 246 g/mol. The number of aryl methyl sites for hydroxylation is 1. The molecule has 98 valence electrons. The molecule has 2 aliphatic rings. The predicted octanol–water partition coefficient (Wildman–Crippen LogP) is 1.89. The Morgan fingerprint density at radius 1 is 1.28 bits per heavy atom. The third-order valence-corrected chi connectivity index (χ3v) is 4.78. The van der Waals surface area contributed by atoms with Gasteiger partial charge in [0.15, 0.2) is 0 Å². The van der Waals surface area contributed by atoms with Gasteiger partial charge in [-0.05, 0) is 32.1 Å². The molecule has 4 nitrogen and oxygen atoms in total. The van der Waals surface area contributed by atoms with Crippen molar-refractivity contribution in [2.75, 3.05) is 5.32 Å². The zero-order chi connectivity index (χ0) is 12.8. The van der Waals surface area contributed by atoms with E-state index in [0.29, 0.717) is 12.1 Å². The van der Waals surface area contributed by atoms with Gasteiger partial charge in [0.25, 0.3) is 0 Å². The maximum Gasteiger partial charge on any atom is 0.133 e. The minimum atomic E-state index is 0.159. The lowest BCUT2D eigenvalue weighted by Gasteiger charge is -2.50. The van der Waals surface area contributed by atoms with Gasteiger partial charge >= 0.3 is 0 Å². The number of aromatic nitrogens is 2. The Balaban J connectivity index is 1.82. The van der Waals surface area contributed by atoms with E-state index in [9.17, 15) is 0 Å². The van der Waals surface area contributed by atoms with E-state index < -0.39 is 0 Å². The van der Waals surface area contributed by atoms with Crippen molar-refractivity contribution in [2.24, 2.45) is 11.1 Å². The summed E-state index contributed by atoms with van der Waals surface area (Å²) in [6.07, 6.45) is 7.44. The first-order valence-electron chi connectivity index (χ1n) is 6.94. The maximum absolute atomic E-state index is 6.07. The Morgan fingerprint density at radius 3 is 2.78 bits per heavy atom. The van der Waals surface area contributed by atoms with E-state index >= 15 is 0 Å². The molecule has 0 radical (unpaired) electrons. The standard InChI is InChI=1S/C14H22N4/c1-14(2)11(15)7-12(14)18-13-9-5-3-4-6-10(9)16-8-17-13/h8,11-12H,3-7,15H2,1-2H3,(H,16,17,18). The van der Waals surface area contributed by atoms with Crippen LogP contribution in [-0.4, -0.2) is 22.1 Å². The number of nitrogens with one attached hydrogen (secondary N) is 1. The highest BCUT2D eigenvalue weighted by Gasteiger charge is 2.46. The van der Waals surface area contributed by atoms with Crippen LogP contribution < -0.4 is 11.1 Å². The van der Waals surface area contributed by atoms with Crippen LogP contribution >= 0.6 is 0 Å². The van der Waals surface area contributed by atoms with Crippen molar-refractivity contribution in [3.05, 3.63) is 17.6 Å². The molecular formula is C14H22N4. The maximum atomic E-state index is 6.07. The fraction of sp³-hybridized carbons (Fsp3) is 0.714. The molecule has 0 spiro atoms. The molecule has 2 unspecified atom stereocenters. The van der Waals surface area contributed by atoms with Crippen LogP contribution in [0, 0.1) is 5.41 Å². The van der Waals surface area contributed by atoms with Gasteiger partial charge in [0.1, 0.15) is 12.1 Å². The summed E-state index contributed by atoms with van der Waals surface area (Å²) in [7, 11) is 0. The number of anilines is 1. The fourth-order valence-corrected chi connectivity index (χ4v) is 3.01. The van der Waals surface area contributed by atoms with Crippen LogP contribution in [-0.2, 0) is 12.8 Å². The van der Waals surface area contributed by atoms with Crippen molar-refractivity contribution in [1.82, 2.24) is 9.97 Å². The second-order valence-electron chi connectivity index (χ2n) is 6.22. The minimum Gasteiger partial charge on any atom is -0.366 e. The van der Waals surface area contributed by atoms with Gasteiger partial charge in [0.05, 0.1) is 0 Å². The average Bonchev–Trinajstić information content (AvgIpc) is 2.39. The van der Waals surface area contributed by atoms with Crippen molar-refractivity contribution >= 4 is 5.82 Å². The van der Waals surface area contributed by atoms with E-state index in [0.717, 1.165) is 25.1 Å². The Kier molecular flexibility index (Phi) is 2.77. The van der Waals surface area contributed by atoms with Crippen LogP contribution in [0.3, 0.4) is 0 Å². The molecule has 0 bridgehead atoms. The average molecular weight is 246 g/mol. The SMILES string of the molecule is CC1(C)C(N)CC1Nc1ncnc2c1CCCC2. The van der Waals surface area contributed by atoms with Gasteiger partial charge in [-0.2, -0.15) is 0 Å². The van der Waals surface area contributed by atoms with Gasteiger partial charge in [0, 0.05) is 28.8 Å². The van der Waals surface area contributed by atoms with E-state index in [2.05, 4.69) is 29.1 Å². The van der Waals surface area contributed by atoms with Gasteiger partial charge in [-0.25, -0.2) is 9.97 Å². The molecule has 18 heavy (non-hydrogen) atoms. The van der Waals surface area contributed by atoms with Crippen molar-refractivity contribution < 1.29 is 0 Å². The lowest BCUT2D eigenvalue weighted by Crippen LogP contribution is -2.61. The first kappa shape index (κ1) is 11.9. The number of hydrogen-bond acceptors (Lipinski definition) is 4. The van der Waals surface area contributed by atoms with Crippen LogP contribution in [0.25, 0.3) is 0 Å². The zero-order valence-electron chi connectivity index (χ0n) is 11.2. The first-order chi connectivity index (χ1) is 8.59. The Labute approximate surface area is 108 Å². The third kappa shape index (κ3) is 1.79. The molecule has 2 aliphatic carbocycles. The number of nitrogens with zero attached hydrogens (tertiary/aromatic N) is 2. The fourth-order valence-electron chi connectivity index (χ4n) is 3.01. The lowest BCUT2D eigenvalue weighted by molar-refractivity contribution is 0.117. The van der Waals surface area contributed by atoms with E-state index in [1.54, 1.807) is 6.33 Å². The second kappa shape index (κ2) is 4.19. The molecule has 0 amide bonds. The van der Waals surface area contributed by atoms with Crippen LogP contribution in [0.15, 0.2) is 6.33 Å². The highest BCUT2D eigenvalue weighted by molar-refractivity contribution is 5.48. The Bertz CT molecular complexity index is 455. The van der Waals surface area contributed by atoms with Crippen LogP contribution in [0.1, 0.15) is 44.4 Å². The molecule has 1 heterocycles. The molecule has 1 saturated carbocycles. The van der Waals surface area contributed by atoms with Crippen LogP contribution in [0.5, 0.6) is 0 Å². The number of nitrogens with two attached hydrogens (primary N) is 1. The van der Waals surface area contributed by atoms with Gasteiger partial charge < -0.3 is 11.1 Å². The van der Waals surface area contributed by atoms with Crippen LogP contribution in [0.4, 0.5) is 5.82 Å². The van der Waals surface area contributed by atoms with Crippen molar-refractivity contribution in [2.45, 2.75) is 58.0 Å². The smallest absolute Gasteiger partial charge is 0.133 e. The third-order valence-electron chi connectivity index (χ3n) is 4.78. The molecule has 0 aliphatic heterocycles. The molecule has 1 fully saturated rings. The Morgan fingerprint density at radius 2 is 2.06 bits per heavy atom. The summed E-state index contributed by atoms with van der Waals surface area (Å²) >= 11 is 0. The molecule has 2 atom stereocenters. The van der Waals surface area contributed by atoms with Gasteiger partial charge in [0.2, 0.25) is 0 Å². The number of hydrogen-bond donors (Lipinski definition) is 2. The number of fused-ring (bicyclic) bond motifs is 1. The highest BCUT2D eigenvalue weighted by Crippen LogP contribution is 2.41. The van der Waals surface area contributed by atoms with E-state index in [4.69, 9.17) is 5.73 Å². The summed E-state index contributed by atoms with van der Waals surface area (Å²) in [6, 6.07) is 0.737. The van der Waals surface area contributed by atoms with E-state index in [1.165, 1.54) is 24.1 Å². The molecule has 3 rings (SSSR count). The Hall–Kier alpha value is -1.16. The van der Waals surface area contributed by atoms with Crippen molar-refractivity contribution in [3.8, 4) is 0 Å². The molecular weight excluding hydrogens is 224 g/mol. The molecule has 4 heteroatoms. The van der Waals surface area contributed by atoms with Gasteiger partial charge in [-0.15, -0.1) is 0 Å². The zero-order valence-corrected chi connectivity index (χ0v) is 11.2. The quantitative estimate of drug-likeness (QED) is 0.836. The molecule has 1 aromatic heterocycles. The lowest BCUT2D eigenvalue weighted by atomic mass is 9.63. The summed E-state index contributed by atoms with van der Waals surface area (Å²) in [5, 5.41) is 3.60. The van der Waals surface area contributed by atoms with E-state index in [1.807, 2.05) is 0 Å². The molecule has 0 aromatic carbocycles. The summed E-state index contributed by atoms with van der Waals surface area (Å²) < 4.78 is 0. The molecule has 0 saturated heterocycles. The summed E-state index contributed by atoms with van der Waals surface area (Å²) in [5.41, 5.74) is 8.79. The van der Waals surface area contributed by atoms with E-state index in [-0.39, 0.29) is 5.41 Å². The summed E-state index contributed by atoms with van der Waals surface area (Å²) in [4.78, 5) is 8.85. The molecule has 1 aromatic rings. The van der Waals surface area contributed by atoms with Gasteiger partial charge in [-0.1, -0.05) is 13.8 Å². The summed E-state index contributed by atoms with van der Waals surface area (Å²) in [6.45, 7) is 4.46. The first-order valence-corrected chi connectivity index (χ1v) is 6.94.